The molecule has 1 atom stereocenters. The normalized spacial score (nSPS) is 23.4. The lowest BCUT2D eigenvalue weighted by molar-refractivity contribution is -0.182. The van der Waals surface area contributed by atoms with E-state index in [4.69, 9.17) is 9.47 Å². The number of carbonyl (C=O) groups is 1. The van der Waals surface area contributed by atoms with E-state index in [0.29, 0.717) is 19.1 Å². The predicted octanol–water partition coefficient (Wildman–Crippen LogP) is 2.18. The van der Waals surface area contributed by atoms with Crippen LogP contribution in [-0.4, -0.2) is 37.6 Å². The van der Waals surface area contributed by atoms with Gasteiger partial charge < -0.3 is 20.1 Å². The van der Waals surface area contributed by atoms with Crippen molar-refractivity contribution in [3.63, 3.8) is 0 Å². The van der Waals surface area contributed by atoms with Crippen molar-refractivity contribution in [3.8, 4) is 0 Å². The van der Waals surface area contributed by atoms with Crippen LogP contribution in [0.3, 0.4) is 0 Å². The minimum Gasteiger partial charge on any atom is -0.348 e. The Hall–Kier alpha value is -1.07. The fourth-order valence-electron chi connectivity index (χ4n) is 2.93. The summed E-state index contributed by atoms with van der Waals surface area (Å²) in [6.07, 6.45) is 6.56. The van der Waals surface area contributed by atoms with Crippen molar-refractivity contribution in [2.45, 2.75) is 50.9 Å². The first-order valence-electron chi connectivity index (χ1n) is 7.57. The number of ether oxygens (including phenoxy) is 2. The smallest absolute Gasteiger partial charge is 0.315 e. The molecule has 1 saturated carbocycles. The van der Waals surface area contributed by atoms with Gasteiger partial charge in [-0.3, -0.25) is 0 Å². The Bertz CT molecular complexity index is 330. The van der Waals surface area contributed by atoms with Crippen LogP contribution in [0.25, 0.3) is 0 Å². The fourth-order valence-corrected chi connectivity index (χ4v) is 2.93. The van der Waals surface area contributed by atoms with Crippen molar-refractivity contribution in [2.75, 3.05) is 19.8 Å². The number of carbonyl (C=O) groups excluding carboxylic acids is 1. The summed E-state index contributed by atoms with van der Waals surface area (Å²) in [5.41, 5.74) is 0. The van der Waals surface area contributed by atoms with Crippen molar-refractivity contribution in [1.29, 1.82) is 0 Å². The third kappa shape index (κ3) is 4.21. The summed E-state index contributed by atoms with van der Waals surface area (Å²) in [5.74, 6) is 0.214. The van der Waals surface area contributed by atoms with E-state index >= 15 is 0 Å². The highest BCUT2D eigenvalue weighted by molar-refractivity contribution is 5.74. The second-order valence-electron chi connectivity index (χ2n) is 5.83. The van der Waals surface area contributed by atoms with Gasteiger partial charge >= 0.3 is 6.03 Å². The molecule has 1 spiro atoms. The van der Waals surface area contributed by atoms with Gasteiger partial charge in [-0.2, -0.15) is 0 Å². The zero-order valence-corrected chi connectivity index (χ0v) is 12.3. The van der Waals surface area contributed by atoms with Crippen LogP contribution >= 0.6 is 0 Å². The predicted molar refractivity (Wildman–Crippen MR) is 77.4 cm³/mol. The van der Waals surface area contributed by atoms with Gasteiger partial charge in [0.05, 0.1) is 13.2 Å². The molecule has 1 aliphatic heterocycles. The first-order chi connectivity index (χ1) is 9.63. The second kappa shape index (κ2) is 7.09. The Kier molecular flexibility index (Phi) is 5.43. The Morgan fingerprint density at radius 1 is 1.40 bits per heavy atom. The lowest BCUT2D eigenvalue weighted by Crippen LogP contribution is -2.44. The van der Waals surface area contributed by atoms with E-state index in [1.165, 1.54) is 0 Å². The molecule has 1 saturated heterocycles. The van der Waals surface area contributed by atoms with Crippen LogP contribution < -0.4 is 10.6 Å². The highest BCUT2D eigenvalue weighted by Gasteiger charge is 2.40. The summed E-state index contributed by atoms with van der Waals surface area (Å²) < 4.78 is 11.4. The molecule has 2 fully saturated rings. The Morgan fingerprint density at radius 3 is 2.65 bits per heavy atom. The molecule has 0 radical (unpaired) electrons. The van der Waals surface area contributed by atoms with Gasteiger partial charge in [0.1, 0.15) is 0 Å². The highest BCUT2D eigenvalue weighted by atomic mass is 16.7. The topological polar surface area (TPSA) is 59.6 Å². The number of hydrogen-bond donors (Lipinski definition) is 2. The molecule has 2 N–H and O–H groups in total. The molecular weight excluding hydrogens is 256 g/mol. The average molecular weight is 282 g/mol. The first kappa shape index (κ1) is 15.3. The van der Waals surface area contributed by atoms with Crippen molar-refractivity contribution in [1.82, 2.24) is 10.6 Å². The summed E-state index contributed by atoms with van der Waals surface area (Å²) in [4.78, 5) is 11.7. The second-order valence-corrected chi connectivity index (χ2v) is 5.83. The molecule has 2 aliphatic rings. The van der Waals surface area contributed by atoms with Gasteiger partial charge in [0.25, 0.3) is 0 Å². The summed E-state index contributed by atoms with van der Waals surface area (Å²) >= 11 is 0. The van der Waals surface area contributed by atoms with Gasteiger partial charge in [-0.25, -0.2) is 4.79 Å². The molecule has 2 amide bonds. The molecule has 0 aromatic rings. The van der Waals surface area contributed by atoms with Crippen LogP contribution in [-0.2, 0) is 9.47 Å². The largest absolute Gasteiger partial charge is 0.348 e. The average Bonchev–Trinajstić information content (AvgIpc) is 2.87. The number of hydrogen-bond acceptors (Lipinski definition) is 3. The maximum absolute atomic E-state index is 11.7. The molecule has 1 heterocycles. The minimum atomic E-state index is -0.308. The van der Waals surface area contributed by atoms with E-state index in [0.717, 1.165) is 38.6 Å². The number of amides is 2. The molecule has 0 bridgehead atoms. The summed E-state index contributed by atoms with van der Waals surface area (Å²) in [6.45, 7) is 7.79. The van der Waals surface area contributed by atoms with Crippen LogP contribution in [0.15, 0.2) is 12.7 Å². The maximum Gasteiger partial charge on any atom is 0.315 e. The van der Waals surface area contributed by atoms with Crippen molar-refractivity contribution < 1.29 is 14.3 Å². The molecule has 1 aliphatic carbocycles. The van der Waals surface area contributed by atoms with E-state index in [1.807, 2.05) is 13.0 Å². The van der Waals surface area contributed by atoms with Crippen molar-refractivity contribution in [3.05, 3.63) is 12.7 Å². The maximum atomic E-state index is 11.7. The van der Waals surface area contributed by atoms with E-state index in [9.17, 15) is 4.79 Å². The van der Waals surface area contributed by atoms with Gasteiger partial charge in [0.2, 0.25) is 0 Å². The zero-order chi connectivity index (χ0) is 14.4. The van der Waals surface area contributed by atoms with Crippen LogP contribution in [0.5, 0.6) is 0 Å². The molecule has 0 aromatic heterocycles. The van der Waals surface area contributed by atoms with E-state index in [2.05, 4.69) is 17.2 Å². The van der Waals surface area contributed by atoms with Crippen molar-refractivity contribution >= 4 is 6.03 Å². The Morgan fingerprint density at radius 2 is 2.05 bits per heavy atom. The molecule has 5 heteroatoms. The van der Waals surface area contributed by atoms with Gasteiger partial charge in [-0.05, 0) is 32.1 Å². The van der Waals surface area contributed by atoms with Gasteiger partial charge in [0.15, 0.2) is 5.79 Å². The zero-order valence-electron chi connectivity index (χ0n) is 12.3. The van der Waals surface area contributed by atoms with Gasteiger partial charge in [-0.1, -0.05) is 6.08 Å². The molecular formula is C15H26N2O3. The molecule has 2 rings (SSSR count). The van der Waals surface area contributed by atoms with Crippen LogP contribution in [0, 0.1) is 5.92 Å². The lowest BCUT2D eigenvalue weighted by Gasteiger charge is -2.35. The standard InChI is InChI=1S/C15H26N2O3/c1-3-4-12(2)17-14(18)16-11-13-5-7-15(8-6-13)19-9-10-20-15/h3,12-13H,1,4-11H2,2H3,(H2,16,17,18)/t12-/m1/s1. The Balaban J connectivity index is 1.63. The summed E-state index contributed by atoms with van der Waals surface area (Å²) in [5, 5.41) is 5.85. The number of urea groups is 1. The SMILES string of the molecule is C=CC[C@@H](C)NC(=O)NCC1CCC2(CC1)OCCO2. The van der Waals surface area contributed by atoms with E-state index < -0.39 is 0 Å². The van der Waals surface area contributed by atoms with Crippen LogP contribution in [0.1, 0.15) is 39.0 Å². The highest BCUT2D eigenvalue weighted by Crippen LogP contribution is 2.37. The third-order valence-corrected chi connectivity index (χ3v) is 4.13. The minimum absolute atomic E-state index is 0.0898. The molecule has 0 unspecified atom stereocenters. The Labute approximate surface area is 121 Å². The monoisotopic (exact) mass is 282 g/mol. The summed E-state index contributed by atoms with van der Waals surface area (Å²) in [6, 6.07) is 0.0374. The van der Waals surface area contributed by atoms with Crippen LogP contribution in [0.2, 0.25) is 0 Å². The lowest BCUT2D eigenvalue weighted by atomic mass is 9.85. The molecule has 5 nitrogen and oxygen atoms in total. The van der Waals surface area contributed by atoms with E-state index in [1.54, 1.807) is 0 Å². The molecule has 0 aromatic carbocycles. The number of rotatable bonds is 5. The quantitative estimate of drug-likeness (QED) is 0.760. The van der Waals surface area contributed by atoms with Crippen molar-refractivity contribution in [2.24, 2.45) is 5.92 Å². The number of nitrogens with one attached hydrogen (secondary N) is 2. The van der Waals surface area contributed by atoms with Crippen LogP contribution in [0.4, 0.5) is 4.79 Å². The summed E-state index contributed by atoms with van der Waals surface area (Å²) in [7, 11) is 0. The first-order valence-corrected chi connectivity index (χ1v) is 7.57. The van der Waals surface area contributed by atoms with E-state index in [-0.39, 0.29) is 17.9 Å². The molecule has 114 valence electrons. The van der Waals surface area contributed by atoms with Gasteiger partial charge in [-0.15, -0.1) is 6.58 Å². The fraction of sp³-hybridized carbons (Fsp3) is 0.800. The third-order valence-electron chi connectivity index (χ3n) is 4.13. The van der Waals surface area contributed by atoms with Gasteiger partial charge in [0, 0.05) is 25.4 Å². The molecule has 20 heavy (non-hydrogen) atoms.